The second-order valence-electron chi connectivity index (χ2n) is 3.43. The van der Waals surface area contributed by atoms with E-state index < -0.39 is 11.7 Å². The van der Waals surface area contributed by atoms with Crippen LogP contribution in [-0.2, 0) is 19.0 Å². The number of hydrogen-bond donors (Lipinski definition) is 0. The Labute approximate surface area is 87.3 Å². The molecule has 1 aromatic rings. The van der Waals surface area contributed by atoms with Crippen LogP contribution >= 0.6 is 0 Å². The van der Waals surface area contributed by atoms with Crippen LogP contribution in [0.5, 0.6) is 0 Å². The molecule has 0 radical (unpaired) electrons. The molecule has 0 aliphatic carbocycles. The first-order chi connectivity index (χ1) is 6.99. The molecule has 0 saturated carbocycles. The monoisotopic (exact) mass is 217 g/mol. The fourth-order valence-electron chi connectivity index (χ4n) is 1.46. The fraction of sp³-hybridized carbons (Fsp3) is 0.545. The summed E-state index contributed by atoms with van der Waals surface area (Å²) in [6.45, 7) is 3.83. The molecular weight excluding hydrogens is 203 g/mol. The highest BCUT2D eigenvalue weighted by Gasteiger charge is 2.31. The van der Waals surface area contributed by atoms with E-state index in [9.17, 15) is 13.2 Å². The highest BCUT2D eigenvalue weighted by atomic mass is 19.4. The lowest BCUT2D eigenvalue weighted by molar-refractivity contribution is -0.137. The molecule has 0 spiro atoms. The summed E-state index contributed by atoms with van der Waals surface area (Å²) in [5.41, 5.74) is 0.832. The summed E-state index contributed by atoms with van der Waals surface area (Å²) in [5, 5.41) is 0. The van der Waals surface area contributed by atoms with Crippen molar-refractivity contribution < 1.29 is 13.2 Å². The molecule has 0 saturated heterocycles. The lowest BCUT2D eigenvalue weighted by atomic mass is 10.1. The summed E-state index contributed by atoms with van der Waals surface area (Å²) >= 11 is 0. The van der Waals surface area contributed by atoms with Gasteiger partial charge in [0.25, 0.3) is 0 Å². The van der Waals surface area contributed by atoms with Crippen LogP contribution in [0, 0.1) is 0 Å². The second kappa shape index (κ2) is 4.64. The van der Waals surface area contributed by atoms with Crippen molar-refractivity contribution in [3.8, 4) is 0 Å². The van der Waals surface area contributed by atoms with E-state index in [0.717, 1.165) is 24.7 Å². The minimum atomic E-state index is -4.29. The van der Waals surface area contributed by atoms with Crippen LogP contribution in [0.4, 0.5) is 13.2 Å². The van der Waals surface area contributed by atoms with Gasteiger partial charge in [-0.15, -0.1) is 0 Å². The zero-order valence-corrected chi connectivity index (χ0v) is 8.86. The summed E-state index contributed by atoms with van der Waals surface area (Å²) in [7, 11) is 0. The van der Waals surface area contributed by atoms with Crippen molar-refractivity contribution in [2.45, 2.75) is 39.3 Å². The van der Waals surface area contributed by atoms with Crippen LogP contribution in [0.1, 0.15) is 37.1 Å². The van der Waals surface area contributed by atoms with Crippen LogP contribution in [0.25, 0.3) is 0 Å². The minimum absolute atomic E-state index is 0.590. The number of nitrogens with zero attached hydrogens (tertiary/aromatic N) is 1. The fourth-order valence-corrected chi connectivity index (χ4v) is 1.46. The van der Waals surface area contributed by atoms with Gasteiger partial charge < -0.3 is 0 Å². The lowest BCUT2D eigenvalue weighted by Crippen LogP contribution is -2.08. The maximum absolute atomic E-state index is 12.4. The van der Waals surface area contributed by atoms with Gasteiger partial charge in [0.1, 0.15) is 0 Å². The van der Waals surface area contributed by atoms with E-state index in [-0.39, 0.29) is 0 Å². The number of hydrogen-bond acceptors (Lipinski definition) is 1. The Kier molecular flexibility index (Phi) is 3.72. The normalized spacial score (nSPS) is 11.8. The first-order valence-electron chi connectivity index (χ1n) is 5.04. The van der Waals surface area contributed by atoms with Gasteiger partial charge in [0.05, 0.1) is 5.56 Å². The smallest absolute Gasteiger partial charge is 0.260 e. The van der Waals surface area contributed by atoms with E-state index in [0.29, 0.717) is 12.0 Å². The van der Waals surface area contributed by atoms with Crippen molar-refractivity contribution >= 4 is 0 Å². The molecule has 0 N–H and O–H groups in total. The van der Waals surface area contributed by atoms with Gasteiger partial charge in [0, 0.05) is 11.9 Å². The van der Waals surface area contributed by atoms with Gasteiger partial charge in [-0.3, -0.25) is 4.98 Å². The minimum Gasteiger partial charge on any atom is -0.260 e. The Bertz CT molecular complexity index is 331. The Hall–Kier alpha value is -1.06. The number of halogens is 3. The van der Waals surface area contributed by atoms with E-state index in [1.807, 2.05) is 13.8 Å². The van der Waals surface area contributed by atoms with Crippen LogP contribution < -0.4 is 0 Å². The van der Waals surface area contributed by atoms with E-state index in [1.54, 1.807) is 0 Å². The second-order valence-corrected chi connectivity index (χ2v) is 3.43. The quantitative estimate of drug-likeness (QED) is 0.753. The van der Waals surface area contributed by atoms with E-state index >= 15 is 0 Å². The van der Waals surface area contributed by atoms with Crippen molar-refractivity contribution in [1.29, 1.82) is 0 Å². The summed E-state index contributed by atoms with van der Waals surface area (Å²) < 4.78 is 37.1. The van der Waals surface area contributed by atoms with E-state index in [4.69, 9.17) is 0 Å². The molecule has 0 amide bonds. The van der Waals surface area contributed by atoms with Gasteiger partial charge in [0.15, 0.2) is 0 Å². The highest BCUT2D eigenvalue weighted by molar-refractivity contribution is 5.27. The molecule has 0 atom stereocenters. The third kappa shape index (κ3) is 2.94. The van der Waals surface area contributed by atoms with Crippen molar-refractivity contribution in [2.24, 2.45) is 0 Å². The molecule has 15 heavy (non-hydrogen) atoms. The summed E-state index contributed by atoms with van der Waals surface area (Å²) in [6.07, 6.45) is -1.15. The Morgan fingerprint density at radius 3 is 2.40 bits per heavy atom. The van der Waals surface area contributed by atoms with Crippen molar-refractivity contribution in [3.05, 3.63) is 29.1 Å². The maximum Gasteiger partial charge on any atom is 0.417 e. The summed E-state index contributed by atoms with van der Waals surface area (Å²) in [4.78, 5) is 3.89. The number of aryl methyl sites for hydroxylation is 2. The number of rotatable bonds is 3. The molecule has 84 valence electrons. The molecule has 1 aromatic heterocycles. The van der Waals surface area contributed by atoms with Gasteiger partial charge >= 0.3 is 6.18 Å². The van der Waals surface area contributed by atoms with Crippen LogP contribution in [0.15, 0.2) is 12.3 Å². The summed E-state index contributed by atoms with van der Waals surface area (Å²) in [6, 6.07) is 1.21. The van der Waals surface area contributed by atoms with Crippen molar-refractivity contribution in [2.75, 3.05) is 0 Å². The van der Waals surface area contributed by atoms with Crippen molar-refractivity contribution in [1.82, 2.24) is 4.98 Å². The number of alkyl halides is 3. The zero-order valence-electron chi connectivity index (χ0n) is 8.86. The SMILES string of the molecule is CCCc1ncc(C(F)(F)F)cc1CC. The van der Waals surface area contributed by atoms with E-state index in [2.05, 4.69) is 4.98 Å². The molecule has 1 heterocycles. The molecule has 0 aromatic carbocycles. The standard InChI is InChI=1S/C11H14F3N/c1-3-5-10-8(4-2)6-9(7-15-10)11(12,13)14/h6-7H,3-5H2,1-2H3. The molecule has 0 unspecified atom stereocenters. The average molecular weight is 217 g/mol. The third-order valence-corrected chi connectivity index (χ3v) is 2.25. The predicted molar refractivity (Wildman–Crippen MR) is 52.6 cm³/mol. The molecule has 0 aliphatic rings. The Morgan fingerprint density at radius 2 is 1.93 bits per heavy atom. The first kappa shape index (κ1) is 12.0. The zero-order chi connectivity index (χ0) is 11.5. The number of pyridine rings is 1. The van der Waals surface area contributed by atoms with E-state index in [1.165, 1.54) is 6.07 Å². The molecule has 4 heteroatoms. The maximum atomic E-state index is 12.4. The van der Waals surface area contributed by atoms with Crippen LogP contribution in [-0.4, -0.2) is 4.98 Å². The van der Waals surface area contributed by atoms with Gasteiger partial charge in [-0.05, 0) is 24.5 Å². The van der Waals surface area contributed by atoms with Crippen LogP contribution in [0.2, 0.25) is 0 Å². The first-order valence-corrected chi connectivity index (χ1v) is 5.04. The Balaban J connectivity index is 3.08. The molecule has 0 fully saturated rings. The van der Waals surface area contributed by atoms with Gasteiger partial charge in [-0.25, -0.2) is 0 Å². The van der Waals surface area contributed by atoms with Gasteiger partial charge in [-0.1, -0.05) is 20.3 Å². The molecule has 0 bridgehead atoms. The molecule has 1 nitrogen and oxygen atoms in total. The topological polar surface area (TPSA) is 12.9 Å². The highest BCUT2D eigenvalue weighted by Crippen LogP contribution is 2.29. The van der Waals surface area contributed by atoms with Gasteiger partial charge in [-0.2, -0.15) is 13.2 Å². The molecule has 0 aliphatic heterocycles. The predicted octanol–water partition coefficient (Wildman–Crippen LogP) is 3.62. The molecular formula is C11H14F3N. The van der Waals surface area contributed by atoms with Crippen molar-refractivity contribution in [3.63, 3.8) is 0 Å². The number of aromatic nitrogens is 1. The largest absolute Gasteiger partial charge is 0.417 e. The summed E-state index contributed by atoms with van der Waals surface area (Å²) in [5.74, 6) is 0. The average Bonchev–Trinajstić information content (AvgIpc) is 2.17. The molecule has 1 rings (SSSR count). The van der Waals surface area contributed by atoms with Crippen LogP contribution in [0.3, 0.4) is 0 Å². The third-order valence-electron chi connectivity index (χ3n) is 2.25. The van der Waals surface area contributed by atoms with Gasteiger partial charge in [0.2, 0.25) is 0 Å². The lowest BCUT2D eigenvalue weighted by Gasteiger charge is -2.10. The Morgan fingerprint density at radius 1 is 1.27 bits per heavy atom.